The topological polar surface area (TPSA) is 42.0 Å². The van der Waals surface area contributed by atoms with Gasteiger partial charge in [-0.15, -0.1) is 0 Å². The van der Waals surface area contributed by atoms with Crippen molar-refractivity contribution in [3.8, 4) is 0 Å². The molecular formula is C14H26N2O3. The van der Waals surface area contributed by atoms with Gasteiger partial charge in [0, 0.05) is 39.4 Å². The van der Waals surface area contributed by atoms with Crippen molar-refractivity contribution >= 4 is 5.91 Å². The van der Waals surface area contributed by atoms with E-state index in [0.717, 1.165) is 52.1 Å². The van der Waals surface area contributed by atoms with Gasteiger partial charge in [-0.2, -0.15) is 0 Å². The predicted octanol–water partition coefficient (Wildman–Crippen LogP) is 0.592. The molecule has 2 aliphatic heterocycles. The van der Waals surface area contributed by atoms with Crippen molar-refractivity contribution < 1.29 is 14.3 Å². The fourth-order valence-electron chi connectivity index (χ4n) is 2.98. The Kier molecular flexibility index (Phi) is 5.60. The molecule has 110 valence electrons. The number of methoxy groups -OCH3 is 1. The van der Waals surface area contributed by atoms with E-state index in [9.17, 15) is 4.79 Å². The van der Waals surface area contributed by atoms with Crippen LogP contribution in [0.5, 0.6) is 0 Å². The highest BCUT2D eigenvalue weighted by molar-refractivity contribution is 5.79. The van der Waals surface area contributed by atoms with Crippen molar-refractivity contribution in [3.05, 3.63) is 0 Å². The van der Waals surface area contributed by atoms with Crippen molar-refractivity contribution in [2.45, 2.75) is 25.3 Å². The van der Waals surface area contributed by atoms with E-state index in [-0.39, 0.29) is 5.92 Å². The number of hydrogen-bond donors (Lipinski definition) is 0. The number of rotatable bonds is 6. The van der Waals surface area contributed by atoms with Gasteiger partial charge < -0.3 is 19.3 Å². The lowest BCUT2D eigenvalue weighted by Crippen LogP contribution is -2.45. The van der Waals surface area contributed by atoms with E-state index in [0.29, 0.717) is 18.6 Å². The van der Waals surface area contributed by atoms with Crippen molar-refractivity contribution in [2.24, 2.45) is 5.92 Å². The third-order valence-corrected chi connectivity index (χ3v) is 4.14. The summed E-state index contributed by atoms with van der Waals surface area (Å²) in [6.45, 7) is 4.88. The maximum atomic E-state index is 12.5. The Morgan fingerprint density at radius 3 is 3.00 bits per heavy atom. The van der Waals surface area contributed by atoms with Crippen LogP contribution in [0.3, 0.4) is 0 Å². The number of likely N-dealkylation sites (tertiary alicyclic amines) is 1. The molecule has 2 rings (SSSR count). The fourth-order valence-corrected chi connectivity index (χ4v) is 2.98. The zero-order valence-electron chi connectivity index (χ0n) is 12.1. The quantitative estimate of drug-likeness (QED) is 0.708. The molecule has 2 aliphatic rings. The summed E-state index contributed by atoms with van der Waals surface area (Å²) in [4.78, 5) is 16.8. The molecule has 19 heavy (non-hydrogen) atoms. The van der Waals surface area contributed by atoms with Crippen LogP contribution in [0.4, 0.5) is 0 Å². The van der Waals surface area contributed by atoms with E-state index >= 15 is 0 Å². The molecule has 2 fully saturated rings. The first kappa shape index (κ1) is 14.8. The van der Waals surface area contributed by atoms with Crippen LogP contribution < -0.4 is 0 Å². The van der Waals surface area contributed by atoms with Gasteiger partial charge in [0.25, 0.3) is 0 Å². The second kappa shape index (κ2) is 7.22. The minimum atomic E-state index is 0.102. The van der Waals surface area contributed by atoms with Crippen LogP contribution in [-0.2, 0) is 14.3 Å². The number of carbonyl (C=O) groups is 1. The van der Waals surface area contributed by atoms with Gasteiger partial charge in [0.05, 0.1) is 19.1 Å². The van der Waals surface area contributed by atoms with Crippen LogP contribution in [0.2, 0.25) is 0 Å². The van der Waals surface area contributed by atoms with E-state index in [4.69, 9.17) is 9.47 Å². The summed E-state index contributed by atoms with van der Waals surface area (Å²) >= 11 is 0. The molecule has 5 heteroatoms. The van der Waals surface area contributed by atoms with Crippen LogP contribution in [0.15, 0.2) is 0 Å². The van der Waals surface area contributed by atoms with E-state index in [1.54, 1.807) is 7.11 Å². The summed E-state index contributed by atoms with van der Waals surface area (Å²) in [6, 6.07) is 0.370. The third-order valence-electron chi connectivity index (χ3n) is 4.14. The first-order chi connectivity index (χ1) is 9.22. The molecule has 5 nitrogen and oxygen atoms in total. The molecule has 0 spiro atoms. The second-order valence-electron chi connectivity index (χ2n) is 5.64. The SMILES string of the molecule is COCCN(C)C[C@@H]1CCCN1C(=O)[C@@H]1CCOC1. The van der Waals surface area contributed by atoms with Crippen molar-refractivity contribution in [2.75, 3.05) is 53.6 Å². The maximum absolute atomic E-state index is 12.5. The molecule has 1 amide bonds. The maximum Gasteiger partial charge on any atom is 0.228 e. The average molecular weight is 270 g/mol. The standard InChI is InChI=1S/C14H26N2O3/c1-15(7-9-18-2)10-13-4-3-6-16(13)14(17)12-5-8-19-11-12/h12-13H,3-11H2,1-2H3/t12-,13+/m1/s1. The Morgan fingerprint density at radius 2 is 2.32 bits per heavy atom. The molecule has 0 unspecified atom stereocenters. The molecule has 0 aromatic rings. The highest BCUT2D eigenvalue weighted by atomic mass is 16.5. The molecule has 0 bridgehead atoms. The Bertz CT molecular complexity index is 292. The van der Waals surface area contributed by atoms with E-state index in [1.807, 2.05) is 0 Å². The molecule has 2 atom stereocenters. The minimum absolute atomic E-state index is 0.102. The highest BCUT2D eigenvalue weighted by Crippen LogP contribution is 2.23. The van der Waals surface area contributed by atoms with E-state index in [1.165, 1.54) is 0 Å². The largest absolute Gasteiger partial charge is 0.383 e. The van der Waals surface area contributed by atoms with Crippen LogP contribution in [0, 0.1) is 5.92 Å². The van der Waals surface area contributed by atoms with Crippen LogP contribution in [0.1, 0.15) is 19.3 Å². The lowest BCUT2D eigenvalue weighted by atomic mass is 10.1. The van der Waals surface area contributed by atoms with Gasteiger partial charge in [0.15, 0.2) is 0 Å². The number of carbonyl (C=O) groups excluding carboxylic acids is 1. The monoisotopic (exact) mass is 270 g/mol. The normalized spacial score (nSPS) is 27.4. The van der Waals surface area contributed by atoms with Gasteiger partial charge in [-0.1, -0.05) is 0 Å². The minimum Gasteiger partial charge on any atom is -0.383 e. The Labute approximate surface area is 115 Å². The molecule has 0 N–H and O–H groups in total. The van der Waals surface area contributed by atoms with Gasteiger partial charge in [-0.3, -0.25) is 4.79 Å². The van der Waals surface area contributed by atoms with Gasteiger partial charge >= 0.3 is 0 Å². The lowest BCUT2D eigenvalue weighted by Gasteiger charge is -2.30. The Balaban J connectivity index is 1.83. The lowest BCUT2D eigenvalue weighted by molar-refractivity contribution is -0.136. The van der Waals surface area contributed by atoms with Crippen LogP contribution >= 0.6 is 0 Å². The summed E-state index contributed by atoms with van der Waals surface area (Å²) in [6.07, 6.45) is 3.14. The zero-order chi connectivity index (χ0) is 13.7. The van der Waals surface area contributed by atoms with Crippen molar-refractivity contribution in [1.29, 1.82) is 0 Å². The summed E-state index contributed by atoms with van der Waals surface area (Å²) in [5.74, 6) is 0.407. The first-order valence-electron chi connectivity index (χ1n) is 7.28. The number of hydrogen-bond acceptors (Lipinski definition) is 4. The fraction of sp³-hybridized carbons (Fsp3) is 0.929. The van der Waals surface area contributed by atoms with Crippen LogP contribution in [0.25, 0.3) is 0 Å². The number of amides is 1. The number of likely N-dealkylation sites (N-methyl/N-ethyl adjacent to an activating group) is 1. The highest BCUT2D eigenvalue weighted by Gasteiger charge is 2.34. The Hall–Kier alpha value is -0.650. The smallest absolute Gasteiger partial charge is 0.228 e. The summed E-state index contributed by atoms with van der Waals surface area (Å²) in [5.41, 5.74) is 0. The molecule has 2 saturated heterocycles. The number of nitrogens with zero attached hydrogens (tertiary/aromatic N) is 2. The Morgan fingerprint density at radius 1 is 1.47 bits per heavy atom. The van der Waals surface area contributed by atoms with E-state index < -0.39 is 0 Å². The molecule has 2 heterocycles. The molecule has 0 aromatic carbocycles. The van der Waals surface area contributed by atoms with Gasteiger partial charge in [0.2, 0.25) is 5.91 Å². The van der Waals surface area contributed by atoms with Gasteiger partial charge in [-0.05, 0) is 26.3 Å². The zero-order valence-corrected chi connectivity index (χ0v) is 12.1. The summed E-state index contributed by atoms with van der Waals surface area (Å²) in [7, 11) is 3.82. The predicted molar refractivity (Wildman–Crippen MR) is 73.0 cm³/mol. The number of ether oxygens (including phenoxy) is 2. The molecule has 0 aliphatic carbocycles. The molecular weight excluding hydrogens is 244 g/mol. The molecule has 0 aromatic heterocycles. The summed E-state index contributed by atoms with van der Waals surface area (Å²) in [5, 5.41) is 0. The first-order valence-corrected chi connectivity index (χ1v) is 7.28. The van der Waals surface area contributed by atoms with Gasteiger partial charge in [-0.25, -0.2) is 0 Å². The molecule has 0 radical (unpaired) electrons. The second-order valence-corrected chi connectivity index (χ2v) is 5.64. The summed E-state index contributed by atoms with van der Waals surface area (Å²) < 4.78 is 10.4. The third kappa shape index (κ3) is 3.91. The average Bonchev–Trinajstić information content (AvgIpc) is 3.06. The van der Waals surface area contributed by atoms with Gasteiger partial charge in [0.1, 0.15) is 0 Å². The van der Waals surface area contributed by atoms with Crippen molar-refractivity contribution in [1.82, 2.24) is 9.80 Å². The van der Waals surface area contributed by atoms with Crippen LogP contribution in [-0.4, -0.2) is 75.4 Å². The van der Waals surface area contributed by atoms with E-state index in [2.05, 4.69) is 16.8 Å². The van der Waals surface area contributed by atoms with Crippen molar-refractivity contribution in [3.63, 3.8) is 0 Å². The molecule has 0 saturated carbocycles.